The van der Waals surface area contributed by atoms with Crippen molar-refractivity contribution in [2.45, 2.75) is 44.4 Å². The van der Waals surface area contributed by atoms with Gasteiger partial charge in [0, 0.05) is 21.1 Å². The third kappa shape index (κ3) is 1.50. The first-order valence-corrected chi connectivity index (χ1v) is 9.56. The van der Waals surface area contributed by atoms with Crippen LogP contribution < -0.4 is 0 Å². The molecule has 0 unspecified atom stereocenters. The van der Waals surface area contributed by atoms with Gasteiger partial charge in [0.25, 0.3) is 15.2 Å². The lowest BCUT2D eigenvalue weighted by molar-refractivity contribution is 0.620. The summed E-state index contributed by atoms with van der Waals surface area (Å²) in [6, 6.07) is 0. The zero-order valence-electron chi connectivity index (χ0n) is 11.1. The summed E-state index contributed by atoms with van der Waals surface area (Å²) in [4.78, 5) is 8.88. The lowest BCUT2D eigenvalue weighted by Gasteiger charge is -2.14. The first-order chi connectivity index (χ1) is 8.50. The topological polar surface area (TPSA) is 30.7 Å². The van der Waals surface area contributed by atoms with Gasteiger partial charge in [0.15, 0.2) is 5.82 Å². The predicted molar refractivity (Wildman–Crippen MR) is 78.5 cm³/mol. The molecule has 0 spiro atoms. The number of thiophene rings is 1. The van der Waals surface area contributed by atoms with Crippen LogP contribution in [0.3, 0.4) is 0 Å². The lowest BCUT2D eigenvalue weighted by Crippen LogP contribution is -2.16. The van der Waals surface area contributed by atoms with Crippen molar-refractivity contribution in [3.63, 3.8) is 0 Å². The fraction of sp³-hybridized carbons (Fsp3) is 0.500. The standard InChI is InChI=1S/C12H15N3S2.Al.H/c1-5-7-13-11-12(3,4)10-8(15(11)14-7)9(16)6(2)17-10;;/h16H,5H2,1-4H3;;/q;+1;/p-1. The Kier molecular flexibility index (Phi) is 2.91. The Balaban J connectivity index is 2.33. The van der Waals surface area contributed by atoms with Crippen LogP contribution in [-0.2, 0) is 11.8 Å². The fourth-order valence-corrected chi connectivity index (χ4v) is 5.87. The van der Waals surface area contributed by atoms with Crippen LogP contribution in [-0.4, -0.2) is 29.9 Å². The number of hydrogen-bond donors (Lipinski definition) is 0. The molecule has 0 amide bonds. The number of hydrogen-bond acceptors (Lipinski definition) is 4. The van der Waals surface area contributed by atoms with E-state index in [9.17, 15) is 0 Å². The second-order valence-corrected chi connectivity index (χ2v) is 7.84. The monoisotopic (exact) mass is 292 g/mol. The maximum Gasteiger partial charge on any atom is 0.282 e. The van der Waals surface area contributed by atoms with Crippen molar-refractivity contribution in [2.24, 2.45) is 0 Å². The van der Waals surface area contributed by atoms with Crippen molar-refractivity contribution in [1.82, 2.24) is 14.8 Å². The van der Waals surface area contributed by atoms with Gasteiger partial charge in [0.05, 0.1) is 11.1 Å². The average molecular weight is 292 g/mol. The smallest absolute Gasteiger partial charge is 0.241 e. The quantitative estimate of drug-likeness (QED) is 0.797. The number of aryl methyl sites for hydroxylation is 2. The van der Waals surface area contributed by atoms with Crippen LogP contribution in [0, 0.1) is 6.92 Å². The molecule has 2 aromatic heterocycles. The summed E-state index contributed by atoms with van der Waals surface area (Å²) in [5.74, 6) is 2.04. The minimum atomic E-state index is -0.0116. The Morgan fingerprint density at radius 3 is 2.78 bits per heavy atom. The van der Waals surface area contributed by atoms with Crippen LogP contribution in [0.15, 0.2) is 4.90 Å². The first kappa shape index (κ1) is 12.7. The maximum atomic E-state index is 4.71. The highest BCUT2D eigenvalue weighted by atomic mass is 32.3. The molecule has 1 aliphatic heterocycles. The molecule has 0 fully saturated rings. The lowest BCUT2D eigenvalue weighted by atomic mass is 9.92. The molecule has 0 bridgehead atoms. The molecule has 0 atom stereocenters. The molecule has 1 radical (unpaired) electrons. The molecule has 0 N–H and O–H groups in total. The first-order valence-electron chi connectivity index (χ1n) is 6.03. The van der Waals surface area contributed by atoms with Crippen molar-refractivity contribution in [3.8, 4) is 5.69 Å². The van der Waals surface area contributed by atoms with Gasteiger partial charge < -0.3 is 0 Å². The van der Waals surface area contributed by atoms with E-state index in [2.05, 4.69) is 37.5 Å². The van der Waals surface area contributed by atoms with Crippen LogP contribution in [0.2, 0.25) is 0 Å². The van der Waals surface area contributed by atoms with Gasteiger partial charge in [-0.15, -0.1) is 11.3 Å². The molecule has 18 heavy (non-hydrogen) atoms. The van der Waals surface area contributed by atoms with Gasteiger partial charge in [-0.2, -0.15) is 5.10 Å². The van der Waals surface area contributed by atoms with Gasteiger partial charge in [-0.05, 0) is 20.8 Å². The Morgan fingerprint density at radius 1 is 1.44 bits per heavy atom. The summed E-state index contributed by atoms with van der Waals surface area (Å²) in [6.07, 6.45) is 0.894. The van der Waals surface area contributed by atoms with Gasteiger partial charge in [-0.1, -0.05) is 6.92 Å². The molecule has 93 valence electrons. The molecular formula is C12H15AlN3S2. The van der Waals surface area contributed by atoms with E-state index < -0.39 is 0 Å². The van der Waals surface area contributed by atoms with E-state index in [1.165, 1.54) is 20.3 Å². The highest BCUT2D eigenvalue weighted by molar-refractivity contribution is 8.19. The van der Waals surface area contributed by atoms with E-state index in [1.54, 1.807) is 0 Å². The SMILES string of the molecule is CCc1nc2n(n1)-c1c(sc(C)c1[S][AlH])C2(C)C. The number of fused-ring (bicyclic) bond motifs is 3. The molecule has 3 heterocycles. The molecule has 0 aliphatic carbocycles. The molecule has 0 saturated carbocycles. The normalized spacial score (nSPS) is 15.8. The maximum absolute atomic E-state index is 4.71. The number of rotatable bonds is 2. The zero-order chi connectivity index (χ0) is 13.1. The Hall–Kier alpha value is -0.278. The molecule has 3 rings (SSSR count). The van der Waals surface area contributed by atoms with Crippen molar-refractivity contribution >= 4 is 36.6 Å². The predicted octanol–water partition coefficient (Wildman–Crippen LogP) is 2.75. The van der Waals surface area contributed by atoms with E-state index >= 15 is 0 Å². The van der Waals surface area contributed by atoms with Crippen molar-refractivity contribution < 1.29 is 0 Å². The third-order valence-corrected chi connectivity index (χ3v) is 6.66. The molecule has 3 nitrogen and oxygen atoms in total. The highest BCUT2D eigenvalue weighted by Gasteiger charge is 2.42. The van der Waals surface area contributed by atoms with Gasteiger partial charge in [0.2, 0.25) is 0 Å². The molecular weight excluding hydrogens is 277 g/mol. The van der Waals surface area contributed by atoms with Crippen molar-refractivity contribution in [2.75, 3.05) is 0 Å². The molecule has 0 aromatic carbocycles. The van der Waals surface area contributed by atoms with Crippen molar-refractivity contribution in [3.05, 3.63) is 21.4 Å². The second kappa shape index (κ2) is 4.11. The number of aromatic nitrogens is 3. The Morgan fingerprint density at radius 2 is 2.17 bits per heavy atom. The van der Waals surface area contributed by atoms with E-state index in [-0.39, 0.29) is 5.41 Å². The summed E-state index contributed by atoms with van der Waals surface area (Å²) in [5.41, 5.74) is 1.27. The minimum absolute atomic E-state index is 0.0116. The van der Waals surface area contributed by atoms with Crippen molar-refractivity contribution in [1.29, 1.82) is 0 Å². The third-order valence-electron chi connectivity index (χ3n) is 3.46. The van der Waals surface area contributed by atoms with Crippen LogP contribution in [0.5, 0.6) is 0 Å². The van der Waals surface area contributed by atoms with E-state index in [0.29, 0.717) is 0 Å². The van der Waals surface area contributed by atoms with Crippen LogP contribution in [0.4, 0.5) is 0 Å². The second-order valence-electron chi connectivity index (χ2n) is 5.05. The van der Waals surface area contributed by atoms with Gasteiger partial charge in [0.1, 0.15) is 5.82 Å². The minimum Gasteiger partial charge on any atom is -0.241 e. The summed E-state index contributed by atoms with van der Waals surface area (Å²) >= 11 is 3.82. The zero-order valence-corrected chi connectivity index (χ0v) is 14.1. The highest BCUT2D eigenvalue weighted by Crippen LogP contribution is 2.50. The van der Waals surface area contributed by atoms with E-state index in [0.717, 1.165) is 18.1 Å². The Bertz CT molecular complexity index is 628. The molecule has 1 aliphatic rings. The summed E-state index contributed by atoms with van der Waals surface area (Å²) < 4.78 is 2.08. The molecule has 6 heteroatoms. The van der Waals surface area contributed by atoms with Crippen LogP contribution >= 0.6 is 21.5 Å². The van der Waals surface area contributed by atoms with Crippen LogP contribution in [0.1, 0.15) is 42.2 Å². The molecule has 0 saturated heterocycles. The van der Waals surface area contributed by atoms with Gasteiger partial charge in [-0.3, -0.25) is 0 Å². The summed E-state index contributed by atoms with van der Waals surface area (Å²) in [6.45, 7) is 8.81. The molecule has 2 aromatic rings. The van der Waals surface area contributed by atoms with Gasteiger partial charge in [-0.25, -0.2) is 19.8 Å². The summed E-state index contributed by atoms with van der Waals surface area (Å²) in [7, 11) is 1.84. The number of nitrogens with zero attached hydrogens (tertiary/aromatic N) is 3. The van der Waals surface area contributed by atoms with Crippen LogP contribution in [0.25, 0.3) is 5.69 Å². The fourth-order valence-electron chi connectivity index (χ4n) is 2.47. The average Bonchev–Trinajstić information content (AvgIpc) is 2.93. The van der Waals surface area contributed by atoms with E-state index in [1.807, 2.05) is 36.6 Å². The van der Waals surface area contributed by atoms with E-state index in [4.69, 9.17) is 4.98 Å². The Labute approximate surface area is 122 Å². The summed E-state index contributed by atoms with van der Waals surface area (Å²) in [5, 5.41) is 4.67. The largest absolute Gasteiger partial charge is 0.282 e. The van der Waals surface area contributed by atoms with Gasteiger partial charge >= 0.3 is 0 Å².